The van der Waals surface area contributed by atoms with Crippen molar-refractivity contribution in [2.24, 2.45) is 0 Å². The van der Waals surface area contributed by atoms with Crippen LogP contribution in [0.1, 0.15) is 0 Å². The summed E-state index contributed by atoms with van der Waals surface area (Å²) < 4.78 is 0. The molecule has 1 N–H and O–H groups in total. The molecule has 0 aliphatic carbocycles. The normalized spacial score (nSPS) is 42.4. The second-order valence-corrected chi connectivity index (χ2v) is 3.19. The van der Waals surface area contributed by atoms with Crippen molar-refractivity contribution in [1.82, 2.24) is 9.80 Å². The van der Waals surface area contributed by atoms with Crippen LogP contribution in [0.3, 0.4) is 0 Å². The van der Waals surface area contributed by atoms with Gasteiger partial charge in [-0.3, -0.25) is 14.6 Å². The minimum absolute atomic E-state index is 0.238. The summed E-state index contributed by atoms with van der Waals surface area (Å²) in [6, 6.07) is -0.238. The van der Waals surface area contributed by atoms with Crippen LogP contribution in [-0.4, -0.2) is 59.6 Å². The van der Waals surface area contributed by atoms with Gasteiger partial charge in [-0.25, -0.2) is 0 Å². The number of fused-ring (bicyclic) bond motifs is 3. The molecule has 3 heterocycles. The number of carboxylic acids is 1. The quantitative estimate of drug-likeness (QED) is 0.532. The van der Waals surface area contributed by atoms with Gasteiger partial charge in [-0.05, 0) is 0 Å². The summed E-state index contributed by atoms with van der Waals surface area (Å²) in [5.41, 5.74) is 0. The summed E-state index contributed by atoms with van der Waals surface area (Å²) in [6.07, 6.45) is 0. The van der Waals surface area contributed by atoms with Crippen molar-refractivity contribution in [3.63, 3.8) is 0 Å². The lowest BCUT2D eigenvalue weighted by molar-refractivity contribution is -0.148. The topological polar surface area (TPSA) is 43.8 Å². The Kier molecular flexibility index (Phi) is 1.58. The lowest BCUT2D eigenvalue weighted by Gasteiger charge is -2.45. The Balaban J connectivity index is 2.08. The number of rotatable bonds is 1. The Hall–Kier alpha value is -0.610. The Morgan fingerprint density at radius 2 is 1.91 bits per heavy atom. The van der Waals surface area contributed by atoms with Crippen molar-refractivity contribution in [1.29, 1.82) is 0 Å². The van der Waals surface area contributed by atoms with E-state index in [2.05, 4.69) is 9.80 Å². The third kappa shape index (κ3) is 1.12. The molecular formula is C7H12N2O2. The number of piperazine rings is 3. The van der Waals surface area contributed by atoms with Crippen molar-refractivity contribution in [3.05, 3.63) is 0 Å². The highest BCUT2D eigenvalue weighted by Gasteiger charge is 2.35. The first-order valence-electron chi connectivity index (χ1n) is 3.96. The molecule has 0 aromatic heterocycles. The largest absolute Gasteiger partial charge is 0.480 e. The molecule has 0 aromatic rings. The second-order valence-electron chi connectivity index (χ2n) is 3.19. The number of nitrogens with zero attached hydrogens (tertiary/aromatic N) is 2. The maximum Gasteiger partial charge on any atom is 0.322 e. The molecule has 3 fully saturated rings. The third-order valence-corrected chi connectivity index (χ3v) is 2.56. The fourth-order valence-corrected chi connectivity index (χ4v) is 1.85. The van der Waals surface area contributed by atoms with Gasteiger partial charge in [0.1, 0.15) is 6.04 Å². The van der Waals surface area contributed by atoms with Crippen LogP contribution in [-0.2, 0) is 4.79 Å². The van der Waals surface area contributed by atoms with Crippen LogP contribution in [0.25, 0.3) is 0 Å². The van der Waals surface area contributed by atoms with Crippen LogP contribution in [0.2, 0.25) is 0 Å². The molecule has 2 bridgehead atoms. The molecule has 3 aliphatic heterocycles. The van der Waals surface area contributed by atoms with Crippen molar-refractivity contribution < 1.29 is 9.90 Å². The number of aliphatic carboxylic acids is 1. The molecule has 3 saturated heterocycles. The maximum absolute atomic E-state index is 10.7. The SMILES string of the molecule is O=C(O)C1CN2CCN1CC2. The second kappa shape index (κ2) is 2.46. The van der Waals surface area contributed by atoms with Gasteiger partial charge in [0.15, 0.2) is 0 Å². The number of carbonyl (C=O) groups is 1. The lowest BCUT2D eigenvalue weighted by Crippen LogP contribution is -2.63. The third-order valence-electron chi connectivity index (χ3n) is 2.56. The highest BCUT2D eigenvalue weighted by atomic mass is 16.4. The van der Waals surface area contributed by atoms with E-state index in [0.29, 0.717) is 0 Å². The van der Waals surface area contributed by atoms with E-state index < -0.39 is 5.97 Å². The molecule has 4 nitrogen and oxygen atoms in total. The van der Waals surface area contributed by atoms with Crippen LogP contribution in [0.15, 0.2) is 0 Å². The zero-order valence-corrected chi connectivity index (χ0v) is 6.36. The summed E-state index contributed by atoms with van der Waals surface area (Å²) in [6.45, 7) is 4.66. The predicted octanol–water partition coefficient (Wildman–Crippen LogP) is -0.929. The van der Waals surface area contributed by atoms with Gasteiger partial charge in [0.25, 0.3) is 0 Å². The number of hydrogen-bond donors (Lipinski definition) is 1. The van der Waals surface area contributed by atoms with Gasteiger partial charge in [-0.1, -0.05) is 0 Å². The standard InChI is InChI=1S/C7H12N2O2/c10-7(11)6-5-8-1-3-9(6)4-2-8/h6H,1-5H2,(H,10,11). The highest BCUT2D eigenvalue weighted by molar-refractivity contribution is 5.74. The molecule has 11 heavy (non-hydrogen) atoms. The van der Waals surface area contributed by atoms with E-state index in [1.165, 1.54) is 0 Å². The van der Waals surface area contributed by atoms with E-state index in [9.17, 15) is 4.79 Å². The van der Waals surface area contributed by atoms with E-state index in [1.807, 2.05) is 0 Å². The lowest BCUT2D eigenvalue weighted by atomic mass is 10.1. The molecule has 0 radical (unpaired) electrons. The van der Waals surface area contributed by atoms with Crippen LogP contribution in [0.5, 0.6) is 0 Å². The average molecular weight is 156 g/mol. The number of carboxylic acid groups (broad SMARTS) is 1. The molecule has 0 aromatic carbocycles. The van der Waals surface area contributed by atoms with E-state index in [-0.39, 0.29) is 6.04 Å². The summed E-state index contributed by atoms with van der Waals surface area (Å²) in [7, 11) is 0. The van der Waals surface area contributed by atoms with Crippen LogP contribution >= 0.6 is 0 Å². The van der Waals surface area contributed by atoms with Gasteiger partial charge in [0, 0.05) is 32.7 Å². The van der Waals surface area contributed by atoms with Crippen molar-refractivity contribution in [3.8, 4) is 0 Å². The summed E-state index contributed by atoms with van der Waals surface area (Å²) >= 11 is 0. The van der Waals surface area contributed by atoms with Crippen LogP contribution in [0, 0.1) is 0 Å². The molecule has 0 saturated carbocycles. The van der Waals surface area contributed by atoms with Crippen LogP contribution < -0.4 is 0 Å². The monoisotopic (exact) mass is 156 g/mol. The average Bonchev–Trinajstić information content (AvgIpc) is 2.06. The van der Waals surface area contributed by atoms with Gasteiger partial charge in [0.2, 0.25) is 0 Å². The molecule has 0 amide bonds. The van der Waals surface area contributed by atoms with Crippen molar-refractivity contribution in [2.45, 2.75) is 6.04 Å². The first kappa shape index (κ1) is 7.06. The predicted molar refractivity (Wildman–Crippen MR) is 39.4 cm³/mol. The van der Waals surface area contributed by atoms with E-state index in [0.717, 1.165) is 32.7 Å². The fraction of sp³-hybridized carbons (Fsp3) is 0.857. The Morgan fingerprint density at radius 3 is 2.18 bits per heavy atom. The van der Waals surface area contributed by atoms with Gasteiger partial charge < -0.3 is 5.11 Å². The first-order chi connectivity index (χ1) is 5.27. The summed E-state index contributed by atoms with van der Waals surface area (Å²) in [5, 5.41) is 8.79. The fourth-order valence-electron chi connectivity index (χ4n) is 1.85. The molecule has 62 valence electrons. The molecule has 3 aliphatic rings. The van der Waals surface area contributed by atoms with Crippen LogP contribution in [0.4, 0.5) is 0 Å². The molecule has 3 rings (SSSR count). The smallest absolute Gasteiger partial charge is 0.322 e. The van der Waals surface area contributed by atoms with Gasteiger partial charge in [-0.2, -0.15) is 0 Å². The van der Waals surface area contributed by atoms with E-state index >= 15 is 0 Å². The zero-order valence-electron chi connectivity index (χ0n) is 6.36. The number of hydrogen-bond acceptors (Lipinski definition) is 3. The zero-order chi connectivity index (χ0) is 7.84. The van der Waals surface area contributed by atoms with Crippen molar-refractivity contribution >= 4 is 5.97 Å². The van der Waals surface area contributed by atoms with Gasteiger partial charge >= 0.3 is 5.97 Å². The minimum Gasteiger partial charge on any atom is -0.480 e. The summed E-state index contributed by atoms with van der Waals surface area (Å²) in [5.74, 6) is -0.672. The molecule has 1 unspecified atom stereocenters. The molecule has 4 heteroatoms. The van der Waals surface area contributed by atoms with E-state index in [4.69, 9.17) is 5.11 Å². The Labute approximate surface area is 65.4 Å². The highest BCUT2D eigenvalue weighted by Crippen LogP contribution is 2.15. The van der Waals surface area contributed by atoms with E-state index in [1.54, 1.807) is 0 Å². The molecule has 0 spiro atoms. The Morgan fingerprint density at radius 1 is 1.27 bits per heavy atom. The Bertz CT molecular complexity index is 175. The first-order valence-corrected chi connectivity index (χ1v) is 3.96. The molecular weight excluding hydrogens is 144 g/mol. The van der Waals surface area contributed by atoms with Gasteiger partial charge in [0.05, 0.1) is 0 Å². The minimum atomic E-state index is -0.672. The van der Waals surface area contributed by atoms with Crippen molar-refractivity contribution in [2.75, 3.05) is 32.7 Å². The molecule has 1 atom stereocenters. The summed E-state index contributed by atoms with van der Waals surface area (Å²) in [4.78, 5) is 15.0. The maximum atomic E-state index is 10.7. The van der Waals surface area contributed by atoms with Gasteiger partial charge in [-0.15, -0.1) is 0 Å².